The summed E-state index contributed by atoms with van der Waals surface area (Å²) in [5.74, 6) is -2.24. The Kier molecular flexibility index (Phi) is 7.60. The predicted molar refractivity (Wildman–Crippen MR) is 119 cm³/mol. The molecule has 1 heterocycles. The second kappa shape index (κ2) is 10.2. The Morgan fingerprint density at radius 3 is 2.15 bits per heavy atom. The monoisotopic (exact) mass is 476 g/mol. The van der Waals surface area contributed by atoms with E-state index >= 15 is 0 Å². The smallest absolute Gasteiger partial charge is 0.309 e. The van der Waals surface area contributed by atoms with Gasteiger partial charge in [0.1, 0.15) is 5.82 Å². The van der Waals surface area contributed by atoms with E-state index in [0.29, 0.717) is 11.3 Å². The quantitative estimate of drug-likeness (QED) is 0.486. The number of ether oxygens (including phenoxy) is 1. The third kappa shape index (κ3) is 6.02. The molecule has 33 heavy (non-hydrogen) atoms. The van der Waals surface area contributed by atoms with Crippen LogP contribution >= 0.6 is 0 Å². The lowest BCUT2D eigenvalue weighted by molar-refractivity contribution is -0.158. The number of sulfonamides is 1. The van der Waals surface area contributed by atoms with Gasteiger partial charge in [0.15, 0.2) is 11.9 Å². The lowest BCUT2D eigenvalue weighted by Crippen LogP contribution is -2.41. The van der Waals surface area contributed by atoms with Gasteiger partial charge < -0.3 is 10.1 Å². The third-order valence-corrected chi connectivity index (χ3v) is 7.37. The van der Waals surface area contributed by atoms with E-state index in [-0.39, 0.29) is 36.6 Å². The van der Waals surface area contributed by atoms with E-state index < -0.39 is 39.7 Å². The fraction of sp³-hybridized carbons (Fsp3) is 0.348. The molecule has 2 aromatic carbocycles. The number of hydrogen-bond donors (Lipinski definition) is 1. The molecule has 1 fully saturated rings. The molecule has 3 rings (SSSR count). The minimum absolute atomic E-state index is 0.0830. The summed E-state index contributed by atoms with van der Waals surface area (Å²) < 4.78 is 45.2. The first-order chi connectivity index (χ1) is 15.6. The highest BCUT2D eigenvalue weighted by atomic mass is 32.2. The van der Waals surface area contributed by atoms with Gasteiger partial charge in [0, 0.05) is 24.3 Å². The number of Topliss-reactive ketones (excluding diaryl/α,β-unsaturated/α-hetero) is 1. The van der Waals surface area contributed by atoms with Gasteiger partial charge in [-0.05, 0) is 63.1 Å². The number of nitrogens with one attached hydrogen (secondary N) is 1. The molecule has 8 nitrogen and oxygen atoms in total. The van der Waals surface area contributed by atoms with Crippen molar-refractivity contribution in [3.8, 4) is 0 Å². The fourth-order valence-electron chi connectivity index (χ4n) is 3.44. The van der Waals surface area contributed by atoms with Gasteiger partial charge in [-0.15, -0.1) is 0 Å². The molecule has 0 aliphatic carbocycles. The maximum atomic E-state index is 13.0. The molecule has 0 saturated carbocycles. The number of nitrogens with zero attached hydrogens (tertiary/aromatic N) is 1. The number of hydrogen-bond acceptors (Lipinski definition) is 6. The molecular formula is C23H25FN2O6S. The molecule has 2 aromatic rings. The van der Waals surface area contributed by atoms with Gasteiger partial charge >= 0.3 is 5.97 Å². The average molecular weight is 477 g/mol. The maximum Gasteiger partial charge on any atom is 0.309 e. The average Bonchev–Trinajstić information content (AvgIpc) is 2.80. The normalized spacial score (nSPS) is 16.1. The van der Waals surface area contributed by atoms with Gasteiger partial charge in [0.2, 0.25) is 10.0 Å². The molecule has 1 N–H and O–H groups in total. The number of rotatable bonds is 7. The van der Waals surface area contributed by atoms with Crippen molar-refractivity contribution in [3.63, 3.8) is 0 Å². The number of amides is 1. The van der Waals surface area contributed by atoms with E-state index in [0.717, 1.165) is 0 Å². The van der Waals surface area contributed by atoms with E-state index in [9.17, 15) is 27.2 Å². The molecule has 1 atom stereocenters. The Hall–Kier alpha value is -3.11. The highest BCUT2D eigenvalue weighted by molar-refractivity contribution is 7.89. The molecule has 176 valence electrons. The van der Waals surface area contributed by atoms with Crippen molar-refractivity contribution in [1.82, 2.24) is 4.31 Å². The molecule has 0 spiro atoms. The first-order valence-corrected chi connectivity index (χ1v) is 11.9. The van der Waals surface area contributed by atoms with Gasteiger partial charge in [0.25, 0.3) is 5.91 Å². The lowest BCUT2D eigenvalue weighted by atomic mass is 9.98. The van der Waals surface area contributed by atoms with E-state index in [1.54, 1.807) is 0 Å². The number of halogens is 1. The highest BCUT2D eigenvalue weighted by Crippen LogP contribution is 2.25. The van der Waals surface area contributed by atoms with Crippen molar-refractivity contribution < 1.29 is 31.9 Å². The topological polar surface area (TPSA) is 110 Å². The summed E-state index contributed by atoms with van der Waals surface area (Å²) >= 11 is 0. The van der Waals surface area contributed by atoms with Crippen LogP contribution in [0.5, 0.6) is 0 Å². The first kappa shape index (κ1) is 24.5. The molecule has 0 bridgehead atoms. The lowest BCUT2D eigenvalue weighted by Gasteiger charge is -2.30. The first-order valence-electron chi connectivity index (χ1n) is 10.5. The van der Waals surface area contributed by atoms with Crippen LogP contribution in [-0.4, -0.2) is 49.6 Å². The Morgan fingerprint density at radius 1 is 1.03 bits per heavy atom. The zero-order chi connectivity index (χ0) is 24.2. The second-order valence-corrected chi connectivity index (χ2v) is 9.77. The molecule has 0 unspecified atom stereocenters. The van der Waals surface area contributed by atoms with E-state index in [4.69, 9.17) is 4.74 Å². The van der Waals surface area contributed by atoms with Gasteiger partial charge in [-0.25, -0.2) is 12.8 Å². The standard InChI is InChI=1S/C23H25FN2O6S/c1-15(27)17-3-9-21(10-4-17)33(30,31)26-13-11-18(12-14-26)23(29)32-16(2)22(28)25-20-7-5-19(24)6-8-20/h3-10,16,18H,11-14H2,1-2H3,(H,25,28)/t16-/m0/s1. The Bertz CT molecular complexity index is 1120. The predicted octanol–water partition coefficient (Wildman–Crippen LogP) is 3.00. The number of anilines is 1. The van der Waals surface area contributed by atoms with Crippen molar-refractivity contribution >= 4 is 33.4 Å². The highest BCUT2D eigenvalue weighted by Gasteiger charge is 2.34. The third-order valence-electron chi connectivity index (χ3n) is 5.46. The number of carbonyl (C=O) groups excluding carboxylic acids is 3. The molecule has 1 aliphatic rings. The van der Waals surface area contributed by atoms with Crippen LogP contribution in [0.15, 0.2) is 53.4 Å². The summed E-state index contributed by atoms with van der Waals surface area (Å²) in [6.45, 7) is 3.10. The van der Waals surface area contributed by atoms with Crippen LogP contribution in [0.2, 0.25) is 0 Å². The Balaban J connectivity index is 1.53. The van der Waals surface area contributed by atoms with Gasteiger partial charge in [-0.3, -0.25) is 14.4 Å². The van der Waals surface area contributed by atoms with Gasteiger partial charge in [-0.2, -0.15) is 4.31 Å². The summed E-state index contributed by atoms with van der Waals surface area (Å²) in [4.78, 5) is 36.2. The molecule has 0 aromatic heterocycles. The Morgan fingerprint density at radius 2 is 1.61 bits per heavy atom. The number of esters is 1. The fourth-order valence-corrected chi connectivity index (χ4v) is 4.91. The number of ketones is 1. The number of benzene rings is 2. The van der Waals surface area contributed by atoms with Crippen LogP contribution in [0.25, 0.3) is 0 Å². The maximum absolute atomic E-state index is 13.0. The SMILES string of the molecule is CC(=O)c1ccc(S(=O)(=O)N2CCC(C(=O)O[C@@H](C)C(=O)Nc3ccc(F)cc3)CC2)cc1. The molecule has 1 aliphatic heterocycles. The van der Waals surface area contributed by atoms with Crippen molar-refractivity contribution in [3.05, 3.63) is 59.9 Å². The largest absolute Gasteiger partial charge is 0.452 e. The summed E-state index contributed by atoms with van der Waals surface area (Å²) in [6, 6.07) is 10.9. The number of carbonyl (C=O) groups is 3. The minimum Gasteiger partial charge on any atom is -0.452 e. The summed E-state index contributed by atoms with van der Waals surface area (Å²) in [6.07, 6.45) is -0.546. The van der Waals surface area contributed by atoms with E-state index in [1.165, 1.54) is 66.7 Å². The summed E-state index contributed by atoms with van der Waals surface area (Å²) in [5, 5.41) is 2.54. The Labute approximate surface area is 191 Å². The van der Waals surface area contributed by atoms with Gasteiger partial charge in [-0.1, -0.05) is 12.1 Å². The van der Waals surface area contributed by atoms with Crippen molar-refractivity contribution in [2.24, 2.45) is 5.92 Å². The van der Waals surface area contributed by atoms with Crippen molar-refractivity contribution in [2.45, 2.75) is 37.7 Å². The van der Waals surface area contributed by atoms with Gasteiger partial charge in [0.05, 0.1) is 10.8 Å². The zero-order valence-electron chi connectivity index (χ0n) is 18.3. The van der Waals surface area contributed by atoms with Crippen molar-refractivity contribution in [2.75, 3.05) is 18.4 Å². The molecule has 1 amide bonds. The van der Waals surface area contributed by atoms with Crippen LogP contribution in [0.4, 0.5) is 10.1 Å². The van der Waals surface area contributed by atoms with Crippen LogP contribution in [0, 0.1) is 11.7 Å². The van der Waals surface area contributed by atoms with E-state index in [2.05, 4.69) is 5.32 Å². The van der Waals surface area contributed by atoms with Crippen LogP contribution in [-0.2, 0) is 24.3 Å². The molecule has 10 heteroatoms. The molecular weight excluding hydrogens is 451 g/mol. The van der Waals surface area contributed by atoms with Crippen LogP contribution in [0.1, 0.15) is 37.0 Å². The van der Waals surface area contributed by atoms with Crippen LogP contribution < -0.4 is 5.32 Å². The summed E-state index contributed by atoms with van der Waals surface area (Å²) in [7, 11) is -3.75. The van der Waals surface area contributed by atoms with E-state index in [1.807, 2.05) is 0 Å². The molecule has 0 radical (unpaired) electrons. The zero-order valence-corrected chi connectivity index (χ0v) is 19.1. The minimum atomic E-state index is -3.75. The summed E-state index contributed by atoms with van der Waals surface area (Å²) in [5.41, 5.74) is 0.798. The second-order valence-electron chi connectivity index (χ2n) is 7.83. The van der Waals surface area contributed by atoms with Crippen molar-refractivity contribution in [1.29, 1.82) is 0 Å². The molecule has 1 saturated heterocycles. The van der Waals surface area contributed by atoms with Crippen LogP contribution in [0.3, 0.4) is 0 Å². The number of piperidine rings is 1.